The number of carbonyl (C=O) groups is 1. The van der Waals surface area contributed by atoms with E-state index in [0.717, 1.165) is 15.4 Å². The zero-order valence-corrected chi connectivity index (χ0v) is 17.6. The van der Waals surface area contributed by atoms with Gasteiger partial charge >= 0.3 is 0 Å². The Hall–Kier alpha value is -3.72. The summed E-state index contributed by atoms with van der Waals surface area (Å²) in [5, 5.41) is 13.7. The van der Waals surface area contributed by atoms with Crippen LogP contribution in [0.1, 0.15) is 11.1 Å². The average Bonchev–Trinajstić information content (AvgIpc) is 2.77. The van der Waals surface area contributed by atoms with E-state index in [1.54, 1.807) is 18.2 Å². The van der Waals surface area contributed by atoms with E-state index in [1.807, 2.05) is 31.2 Å². The first kappa shape index (κ1) is 22.0. The number of non-ortho nitro benzene ring substituents is 1. The summed E-state index contributed by atoms with van der Waals surface area (Å²) in [6.07, 6.45) is 0. The van der Waals surface area contributed by atoms with E-state index >= 15 is 0 Å². The molecule has 3 aromatic rings. The molecule has 8 nitrogen and oxygen atoms in total. The highest BCUT2D eigenvalue weighted by Gasteiger charge is 2.27. The highest BCUT2D eigenvalue weighted by atomic mass is 32.2. The number of benzene rings is 3. The number of carbonyl (C=O) groups excluding carboxylic acids is 1. The van der Waals surface area contributed by atoms with Gasteiger partial charge in [-0.2, -0.15) is 0 Å². The first-order valence-electron chi connectivity index (χ1n) is 9.42. The Morgan fingerprint density at radius 2 is 1.58 bits per heavy atom. The number of aryl methyl sites for hydroxylation is 1. The summed E-state index contributed by atoms with van der Waals surface area (Å²) < 4.78 is 27.4. The van der Waals surface area contributed by atoms with Crippen molar-refractivity contribution in [3.8, 4) is 0 Å². The molecule has 31 heavy (non-hydrogen) atoms. The van der Waals surface area contributed by atoms with Gasteiger partial charge in [-0.3, -0.25) is 19.2 Å². The van der Waals surface area contributed by atoms with Crippen LogP contribution in [0.4, 0.5) is 11.4 Å². The SMILES string of the molecule is Cc1ccccc1CNC(=O)CN(c1ccc([N+](=O)[O-])cc1)S(=O)(=O)c1ccccc1. The second kappa shape index (κ2) is 9.40. The van der Waals surface area contributed by atoms with Gasteiger partial charge in [0.25, 0.3) is 15.7 Å². The smallest absolute Gasteiger partial charge is 0.269 e. The molecule has 0 aliphatic heterocycles. The molecular weight excluding hydrogens is 418 g/mol. The molecule has 9 heteroatoms. The number of hydrogen-bond donors (Lipinski definition) is 1. The van der Waals surface area contributed by atoms with Crippen molar-refractivity contribution in [1.82, 2.24) is 5.32 Å². The van der Waals surface area contributed by atoms with Crippen molar-refractivity contribution in [2.24, 2.45) is 0 Å². The maximum atomic E-state index is 13.2. The van der Waals surface area contributed by atoms with Crippen LogP contribution in [-0.2, 0) is 21.4 Å². The monoisotopic (exact) mass is 439 g/mol. The molecule has 0 saturated carbocycles. The van der Waals surface area contributed by atoms with Crippen molar-refractivity contribution in [3.05, 3.63) is 100 Å². The number of amides is 1. The zero-order chi connectivity index (χ0) is 22.4. The summed E-state index contributed by atoms with van der Waals surface area (Å²) in [5.41, 5.74) is 1.90. The van der Waals surface area contributed by atoms with Crippen molar-refractivity contribution in [3.63, 3.8) is 0 Å². The summed E-state index contributed by atoms with van der Waals surface area (Å²) in [6, 6.07) is 20.3. The van der Waals surface area contributed by atoms with Gasteiger partial charge in [-0.1, -0.05) is 42.5 Å². The fourth-order valence-electron chi connectivity index (χ4n) is 2.96. The van der Waals surface area contributed by atoms with Crippen LogP contribution in [0.5, 0.6) is 0 Å². The van der Waals surface area contributed by atoms with Crippen LogP contribution in [0, 0.1) is 17.0 Å². The molecule has 160 valence electrons. The molecule has 1 N–H and O–H groups in total. The minimum atomic E-state index is -4.07. The molecular formula is C22H21N3O5S. The van der Waals surface area contributed by atoms with Gasteiger partial charge in [0, 0.05) is 18.7 Å². The number of nitro groups is 1. The highest BCUT2D eigenvalue weighted by Crippen LogP contribution is 2.25. The lowest BCUT2D eigenvalue weighted by Gasteiger charge is -2.24. The van der Waals surface area contributed by atoms with Crippen molar-refractivity contribution >= 4 is 27.3 Å². The van der Waals surface area contributed by atoms with Gasteiger partial charge in [0.15, 0.2) is 0 Å². The van der Waals surface area contributed by atoms with E-state index in [9.17, 15) is 23.3 Å². The van der Waals surface area contributed by atoms with E-state index in [4.69, 9.17) is 0 Å². The standard InChI is InChI=1S/C22H21N3O5S/c1-17-7-5-6-8-18(17)15-23-22(26)16-24(19-11-13-20(14-12-19)25(27)28)31(29,30)21-9-3-2-4-10-21/h2-14H,15-16H2,1H3,(H,23,26). The summed E-state index contributed by atoms with van der Waals surface area (Å²) in [4.78, 5) is 23.0. The van der Waals surface area contributed by atoms with E-state index in [-0.39, 0.29) is 22.8 Å². The number of rotatable bonds is 8. The van der Waals surface area contributed by atoms with Crippen LogP contribution < -0.4 is 9.62 Å². The minimum Gasteiger partial charge on any atom is -0.350 e. The molecule has 3 rings (SSSR count). The molecule has 0 bridgehead atoms. The Labute approximate surface area is 180 Å². The minimum absolute atomic E-state index is 0.0139. The van der Waals surface area contributed by atoms with Crippen LogP contribution in [0.15, 0.2) is 83.8 Å². The predicted molar refractivity (Wildman–Crippen MR) is 117 cm³/mol. The average molecular weight is 439 g/mol. The zero-order valence-electron chi connectivity index (χ0n) is 16.8. The van der Waals surface area contributed by atoms with Crippen molar-refractivity contribution < 1.29 is 18.1 Å². The molecule has 0 aliphatic carbocycles. The lowest BCUT2D eigenvalue weighted by atomic mass is 10.1. The van der Waals surface area contributed by atoms with Crippen LogP contribution in [-0.4, -0.2) is 25.8 Å². The lowest BCUT2D eigenvalue weighted by molar-refractivity contribution is -0.384. The molecule has 0 saturated heterocycles. The molecule has 0 aliphatic rings. The van der Waals surface area contributed by atoms with E-state index in [0.29, 0.717) is 0 Å². The number of nitro benzene ring substituents is 1. The Bertz CT molecular complexity index is 1180. The van der Waals surface area contributed by atoms with Crippen molar-refractivity contribution in [1.29, 1.82) is 0 Å². The van der Waals surface area contributed by atoms with Crippen LogP contribution >= 0.6 is 0 Å². The van der Waals surface area contributed by atoms with Gasteiger partial charge in [0.05, 0.1) is 15.5 Å². The van der Waals surface area contributed by atoms with Gasteiger partial charge < -0.3 is 5.32 Å². The second-order valence-corrected chi connectivity index (χ2v) is 8.66. The van der Waals surface area contributed by atoms with Crippen LogP contribution in [0.3, 0.4) is 0 Å². The number of hydrogen-bond acceptors (Lipinski definition) is 5. The van der Waals surface area contributed by atoms with E-state index in [1.165, 1.54) is 36.4 Å². The van der Waals surface area contributed by atoms with E-state index in [2.05, 4.69) is 5.32 Å². The first-order valence-corrected chi connectivity index (χ1v) is 10.9. The number of nitrogens with one attached hydrogen (secondary N) is 1. The van der Waals surface area contributed by atoms with E-state index < -0.39 is 27.4 Å². The molecule has 0 atom stereocenters. The molecule has 0 unspecified atom stereocenters. The van der Waals surface area contributed by atoms with Gasteiger partial charge in [0.1, 0.15) is 6.54 Å². The fraction of sp³-hybridized carbons (Fsp3) is 0.136. The maximum absolute atomic E-state index is 13.2. The molecule has 0 fully saturated rings. The summed E-state index contributed by atoms with van der Waals surface area (Å²) >= 11 is 0. The Balaban J connectivity index is 1.87. The van der Waals surface area contributed by atoms with Crippen molar-refractivity contribution in [2.75, 3.05) is 10.8 Å². The quantitative estimate of drug-likeness (QED) is 0.427. The normalized spacial score (nSPS) is 11.0. The fourth-order valence-corrected chi connectivity index (χ4v) is 4.41. The molecule has 3 aromatic carbocycles. The van der Waals surface area contributed by atoms with Gasteiger partial charge in [0.2, 0.25) is 5.91 Å². The highest BCUT2D eigenvalue weighted by molar-refractivity contribution is 7.92. The molecule has 0 spiro atoms. The lowest BCUT2D eigenvalue weighted by Crippen LogP contribution is -2.40. The Morgan fingerprint density at radius 3 is 2.19 bits per heavy atom. The molecule has 1 amide bonds. The summed E-state index contributed by atoms with van der Waals surface area (Å²) in [5.74, 6) is -0.499. The largest absolute Gasteiger partial charge is 0.350 e. The van der Waals surface area contributed by atoms with Crippen molar-refractivity contribution in [2.45, 2.75) is 18.4 Å². The third kappa shape index (κ3) is 5.26. The summed E-state index contributed by atoms with van der Waals surface area (Å²) in [7, 11) is -4.07. The third-order valence-electron chi connectivity index (χ3n) is 4.70. The molecule has 0 radical (unpaired) electrons. The maximum Gasteiger partial charge on any atom is 0.269 e. The Morgan fingerprint density at radius 1 is 0.968 bits per heavy atom. The molecule has 0 aromatic heterocycles. The predicted octanol–water partition coefficient (Wildman–Crippen LogP) is 3.41. The van der Waals surface area contributed by atoms with Gasteiger partial charge in [-0.25, -0.2) is 8.42 Å². The van der Waals surface area contributed by atoms with Gasteiger partial charge in [-0.05, 0) is 42.3 Å². The number of nitrogens with zero attached hydrogens (tertiary/aromatic N) is 2. The summed E-state index contributed by atoms with van der Waals surface area (Å²) in [6.45, 7) is 1.70. The second-order valence-electron chi connectivity index (χ2n) is 6.80. The Kier molecular flexibility index (Phi) is 6.66. The first-order chi connectivity index (χ1) is 14.8. The number of sulfonamides is 1. The number of anilines is 1. The van der Waals surface area contributed by atoms with Crippen LogP contribution in [0.2, 0.25) is 0 Å². The molecule has 0 heterocycles. The van der Waals surface area contributed by atoms with Gasteiger partial charge in [-0.15, -0.1) is 0 Å². The third-order valence-corrected chi connectivity index (χ3v) is 6.49. The topological polar surface area (TPSA) is 110 Å². The van der Waals surface area contributed by atoms with Crippen LogP contribution in [0.25, 0.3) is 0 Å².